The lowest BCUT2D eigenvalue weighted by molar-refractivity contribution is -0.0222. The zero-order valence-corrected chi connectivity index (χ0v) is 13.7. The van der Waals surface area contributed by atoms with Crippen LogP contribution in [0.5, 0.6) is 0 Å². The van der Waals surface area contributed by atoms with Crippen LogP contribution < -0.4 is 5.73 Å². The highest BCUT2D eigenvalue weighted by Crippen LogP contribution is 2.43. The normalized spacial score (nSPS) is 41.2. The molecule has 0 amide bonds. The quantitative estimate of drug-likeness (QED) is 0.860. The van der Waals surface area contributed by atoms with E-state index in [9.17, 15) is 0 Å². The van der Waals surface area contributed by atoms with Crippen LogP contribution in [-0.4, -0.2) is 54.6 Å². The molecule has 2 aliphatic heterocycles. The summed E-state index contributed by atoms with van der Waals surface area (Å²) in [5.74, 6) is 0.807. The molecule has 3 rings (SSSR count). The zero-order valence-electron chi connectivity index (χ0n) is 13.7. The fourth-order valence-electron chi connectivity index (χ4n) is 5.04. The van der Waals surface area contributed by atoms with Crippen LogP contribution in [0.15, 0.2) is 0 Å². The molecule has 3 nitrogen and oxygen atoms in total. The second kappa shape index (κ2) is 5.26. The van der Waals surface area contributed by atoms with Gasteiger partial charge in [0, 0.05) is 24.7 Å². The predicted molar refractivity (Wildman–Crippen MR) is 84.7 cm³/mol. The first-order chi connectivity index (χ1) is 9.47. The first-order valence-electron chi connectivity index (χ1n) is 8.62. The van der Waals surface area contributed by atoms with Crippen LogP contribution in [0.25, 0.3) is 0 Å². The fourth-order valence-corrected chi connectivity index (χ4v) is 5.04. The second-order valence-corrected chi connectivity index (χ2v) is 8.35. The Morgan fingerprint density at radius 2 is 1.80 bits per heavy atom. The number of hydrogen-bond acceptors (Lipinski definition) is 3. The summed E-state index contributed by atoms with van der Waals surface area (Å²) < 4.78 is 0. The molecule has 2 saturated heterocycles. The largest absolute Gasteiger partial charge is 0.329 e. The van der Waals surface area contributed by atoms with Crippen LogP contribution in [0.4, 0.5) is 0 Å². The Morgan fingerprint density at radius 1 is 1.10 bits per heavy atom. The Hall–Kier alpha value is -0.120. The van der Waals surface area contributed by atoms with E-state index in [1.807, 2.05) is 0 Å². The molecule has 0 radical (unpaired) electrons. The van der Waals surface area contributed by atoms with Crippen molar-refractivity contribution in [3.63, 3.8) is 0 Å². The molecule has 0 aromatic heterocycles. The lowest BCUT2D eigenvalue weighted by Crippen LogP contribution is -2.63. The van der Waals surface area contributed by atoms with E-state index >= 15 is 0 Å². The Labute approximate surface area is 124 Å². The molecule has 20 heavy (non-hydrogen) atoms. The molecule has 0 aromatic carbocycles. The fraction of sp³-hybridized carbons (Fsp3) is 1.00. The molecule has 2 N–H and O–H groups in total. The Morgan fingerprint density at radius 3 is 2.45 bits per heavy atom. The molecule has 3 unspecified atom stereocenters. The van der Waals surface area contributed by atoms with Crippen molar-refractivity contribution >= 4 is 0 Å². The monoisotopic (exact) mass is 279 g/mol. The van der Waals surface area contributed by atoms with Gasteiger partial charge in [0.2, 0.25) is 0 Å². The van der Waals surface area contributed by atoms with Gasteiger partial charge in [-0.3, -0.25) is 4.90 Å². The number of hydrogen-bond donors (Lipinski definition) is 1. The molecule has 0 aromatic rings. The Bertz CT molecular complexity index is 344. The summed E-state index contributed by atoms with van der Waals surface area (Å²) in [7, 11) is 2.38. The van der Waals surface area contributed by atoms with Crippen LogP contribution in [0.2, 0.25) is 0 Å². The van der Waals surface area contributed by atoms with E-state index in [-0.39, 0.29) is 0 Å². The van der Waals surface area contributed by atoms with Gasteiger partial charge in [0.25, 0.3) is 0 Å². The minimum atomic E-state index is 0.291. The molecule has 2 heterocycles. The molecule has 1 aliphatic carbocycles. The summed E-state index contributed by atoms with van der Waals surface area (Å²) >= 11 is 0. The molecule has 3 heteroatoms. The van der Waals surface area contributed by atoms with Crippen molar-refractivity contribution in [1.82, 2.24) is 9.80 Å². The van der Waals surface area contributed by atoms with E-state index in [1.165, 1.54) is 58.2 Å². The molecule has 3 aliphatic rings. The summed E-state index contributed by atoms with van der Waals surface area (Å²) in [4.78, 5) is 5.37. The van der Waals surface area contributed by atoms with Gasteiger partial charge in [0.05, 0.1) is 0 Å². The lowest BCUT2D eigenvalue weighted by atomic mass is 9.72. The average molecular weight is 279 g/mol. The average Bonchev–Trinajstić information content (AvgIpc) is 2.83. The third-order valence-corrected chi connectivity index (χ3v) is 6.81. The van der Waals surface area contributed by atoms with Crippen molar-refractivity contribution in [3.8, 4) is 0 Å². The minimum absolute atomic E-state index is 0.291. The third-order valence-electron chi connectivity index (χ3n) is 6.81. The molecular formula is C17H33N3. The highest BCUT2D eigenvalue weighted by Gasteiger charge is 2.49. The van der Waals surface area contributed by atoms with Gasteiger partial charge in [-0.05, 0) is 70.0 Å². The van der Waals surface area contributed by atoms with Crippen LogP contribution >= 0.6 is 0 Å². The van der Waals surface area contributed by atoms with E-state index in [0.29, 0.717) is 11.0 Å². The number of piperidine rings is 1. The van der Waals surface area contributed by atoms with Gasteiger partial charge >= 0.3 is 0 Å². The standard InChI is InChI=1S/C17H33N3/c1-16(2)7-4-15(5-8-16)19(3)17(13-18)9-11-20-10-6-14(17)12-20/h14-15H,4-13,18H2,1-3H3. The van der Waals surface area contributed by atoms with Gasteiger partial charge in [0.1, 0.15) is 0 Å². The number of nitrogens with two attached hydrogens (primary N) is 1. The van der Waals surface area contributed by atoms with E-state index in [1.54, 1.807) is 0 Å². The SMILES string of the molecule is CN(C1CCC(C)(C)CC1)C1(CN)CCN2CCC1C2. The smallest absolute Gasteiger partial charge is 0.0384 e. The van der Waals surface area contributed by atoms with E-state index in [4.69, 9.17) is 5.73 Å². The van der Waals surface area contributed by atoms with Gasteiger partial charge < -0.3 is 10.6 Å². The highest BCUT2D eigenvalue weighted by atomic mass is 15.3. The minimum Gasteiger partial charge on any atom is -0.329 e. The highest BCUT2D eigenvalue weighted by molar-refractivity contribution is 5.06. The summed E-state index contributed by atoms with van der Waals surface area (Å²) in [6.45, 7) is 9.56. The van der Waals surface area contributed by atoms with Gasteiger partial charge in [-0.25, -0.2) is 0 Å². The maximum atomic E-state index is 6.32. The van der Waals surface area contributed by atoms with E-state index < -0.39 is 0 Å². The predicted octanol–water partition coefficient (Wildman–Crippen LogP) is 2.31. The van der Waals surface area contributed by atoms with Gasteiger partial charge in [-0.2, -0.15) is 0 Å². The van der Waals surface area contributed by atoms with E-state index in [0.717, 1.165) is 18.5 Å². The van der Waals surface area contributed by atoms with Gasteiger partial charge in [-0.1, -0.05) is 13.8 Å². The first kappa shape index (κ1) is 14.8. The van der Waals surface area contributed by atoms with Crippen LogP contribution in [0.1, 0.15) is 52.4 Å². The number of nitrogens with zero attached hydrogens (tertiary/aromatic N) is 2. The van der Waals surface area contributed by atoms with E-state index in [2.05, 4.69) is 30.7 Å². The molecule has 2 bridgehead atoms. The van der Waals surface area contributed by atoms with Crippen molar-refractivity contribution in [2.24, 2.45) is 17.1 Å². The second-order valence-electron chi connectivity index (χ2n) is 8.35. The van der Waals surface area contributed by atoms with Crippen LogP contribution in [0.3, 0.4) is 0 Å². The van der Waals surface area contributed by atoms with Gasteiger partial charge in [-0.15, -0.1) is 0 Å². The van der Waals surface area contributed by atoms with Gasteiger partial charge in [0.15, 0.2) is 0 Å². The summed E-state index contributed by atoms with van der Waals surface area (Å²) in [6, 6.07) is 0.763. The first-order valence-corrected chi connectivity index (χ1v) is 8.62. The molecule has 3 fully saturated rings. The number of fused-ring (bicyclic) bond motifs is 2. The van der Waals surface area contributed by atoms with Crippen LogP contribution in [0, 0.1) is 11.3 Å². The zero-order chi connectivity index (χ0) is 14.4. The van der Waals surface area contributed by atoms with Crippen molar-refractivity contribution in [3.05, 3.63) is 0 Å². The number of rotatable bonds is 3. The molecule has 116 valence electrons. The van der Waals surface area contributed by atoms with Crippen molar-refractivity contribution < 1.29 is 0 Å². The van der Waals surface area contributed by atoms with Crippen LogP contribution in [-0.2, 0) is 0 Å². The topological polar surface area (TPSA) is 32.5 Å². The molecular weight excluding hydrogens is 246 g/mol. The summed E-state index contributed by atoms with van der Waals surface area (Å²) in [6.07, 6.45) is 8.12. The van der Waals surface area contributed by atoms with Crippen molar-refractivity contribution in [1.29, 1.82) is 0 Å². The Balaban J connectivity index is 1.72. The third kappa shape index (κ3) is 2.42. The molecule has 1 saturated carbocycles. The van der Waals surface area contributed by atoms with Crippen molar-refractivity contribution in [2.45, 2.75) is 64.0 Å². The summed E-state index contributed by atoms with van der Waals surface area (Å²) in [5.41, 5.74) is 7.17. The Kier molecular flexibility index (Phi) is 3.89. The van der Waals surface area contributed by atoms with Crippen molar-refractivity contribution in [2.75, 3.05) is 33.2 Å². The maximum Gasteiger partial charge on any atom is 0.0384 e. The molecule has 0 spiro atoms. The lowest BCUT2D eigenvalue weighted by Gasteiger charge is -2.53. The summed E-state index contributed by atoms with van der Waals surface area (Å²) in [5, 5.41) is 0. The number of likely N-dealkylation sites (N-methyl/N-ethyl adjacent to an activating group) is 1. The molecule has 3 atom stereocenters. The maximum absolute atomic E-state index is 6.32.